The Balaban J connectivity index is 1.79. The minimum absolute atomic E-state index is 0.266. The average molecular weight is 555 g/mol. The Morgan fingerprint density at radius 1 is 1.08 bits per heavy atom. The van der Waals surface area contributed by atoms with Crippen LogP contribution in [0.1, 0.15) is 67.2 Å². The van der Waals surface area contributed by atoms with Gasteiger partial charge in [0.15, 0.2) is 17.6 Å². The third-order valence-electron chi connectivity index (χ3n) is 6.00. The molecule has 1 fully saturated rings. The SMILES string of the molecule is CC(C)OC(=O)[C@H](C)OP(=O)(CO[C@H](C)Cn1cnc2c(N)ncnc21)NC1(C(=O)OC(C)C)CCCC1. The molecule has 13 nitrogen and oxygen atoms in total. The smallest absolute Gasteiger partial charge is 0.335 e. The second-order valence-electron chi connectivity index (χ2n) is 10.2. The van der Waals surface area contributed by atoms with Gasteiger partial charge in [-0.2, -0.15) is 0 Å². The van der Waals surface area contributed by atoms with Gasteiger partial charge in [-0.1, -0.05) is 12.8 Å². The lowest BCUT2D eigenvalue weighted by Gasteiger charge is -2.34. The maximum absolute atomic E-state index is 14.2. The molecule has 3 rings (SSSR count). The Labute approximate surface area is 222 Å². The number of anilines is 1. The highest BCUT2D eigenvalue weighted by atomic mass is 31.2. The normalized spacial score (nSPS) is 18.4. The van der Waals surface area contributed by atoms with E-state index in [4.69, 9.17) is 24.5 Å². The molecule has 14 heteroatoms. The molecule has 1 unspecified atom stereocenters. The van der Waals surface area contributed by atoms with E-state index in [1.54, 1.807) is 45.5 Å². The third-order valence-corrected chi connectivity index (χ3v) is 7.91. The number of aromatic nitrogens is 4. The molecule has 0 spiro atoms. The van der Waals surface area contributed by atoms with Crippen LogP contribution in [0.2, 0.25) is 0 Å². The van der Waals surface area contributed by atoms with Crippen LogP contribution in [0.3, 0.4) is 0 Å². The van der Waals surface area contributed by atoms with Gasteiger partial charge in [0.05, 0.1) is 31.2 Å². The van der Waals surface area contributed by atoms with Gasteiger partial charge in [0.25, 0.3) is 7.52 Å². The third kappa shape index (κ3) is 7.49. The molecule has 0 saturated heterocycles. The van der Waals surface area contributed by atoms with Crippen LogP contribution < -0.4 is 10.8 Å². The Morgan fingerprint density at radius 3 is 2.37 bits per heavy atom. The molecule has 0 aliphatic heterocycles. The molecule has 0 amide bonds. The van der Waals surface area contributed by atoms with E-state index in [-0.39, 0.29) is 18.0 Å². The van der Waals surface area contributed by atoms with E-state index in [0.29, 0.717) is 30.6 Å². The van der Waals surface area contributed by atoms with Gasteiger partial charge < -0.3 is 29.0 Å². The van der Waals surface area contributed by atoms with Gasteiger partial charge in [-0.15, -0.1) is 0 Å². The number of nitrogen functional groups attached to an aromatic ring is 1. The lowest BCUT2D eigenvalue weighted by molar-refractivity contribution is -0.155. The fourth-order valence-corrected chi connectivity index (χ4v) is 6.49. The van der Waals surface area contributed by atoms with Crippen molar-refractivity contribution in [2.45, 2.75) is 104 Å². The maximum atomic E-state index is 14.2. The first-order chi connectivity index (χ1) is 17.8. The van der Waals surface area contributed by atoms with Crippen molar-refractivity contribution >= 4 is 36.4 Å². The van der Waals surface area contributed by atoms with Gasteiger partial charge in [0.2, 0.25) is 0 Å². The summed E-state index contributed by atoms with van der Waals surface area (Å²) in [5.41, 5.74) is 5.67. The van der Waals surface area contributed by atoms with Crippen molar-refractivity contribution in [3.05, 3.63) is 12.7 Å². The molecule has 0 bridgehead atoms. The number of nitrogens with zero attached hydrogens (tertiary/aromatic N) is 4. The van der Waals surface area contributed by atoms with E-state index in [0.717, 1.165) is 12.8 Å². The molecule has 1 aliphatic rings. The van der Waals surface area contributed by atoms with Crippen molar-refractivity contribution in [3.63, 3.8) is 0 Å². The van der Waals surface area contributed by atoms with Crippen molar-refractivity contribution in [3.8, 4) is 0 Å². The molecular formula is C24H39N6O7P. The van der Waals surface area contributed by atoms with Gasteiger partial charge >= 0.3 is 11.9 Å². The zero-order valence-electron chi connectivity index (χ0n) is 22.9. The van der Waals surface area contributed by atoms with Gasteiger partial charge in [-0.05, 0) is 54.4 Å². The van der Waals surface area contributed by atoms with Crippen LogP contribution in [-0.4, -0.2) is 67.8 Å². The summed E-state index contributed by atoms with van der Waals surface area (Å²) in [6, 6.07) is 0. The summed E-state index contributed by atoms with van der Waals surface area (Å²) >= 11 is 0. The molecular weight excluding hydrogens is 515 g/mol. The van der Waals surface area contributed by atoms with Crippen molar-refractivity contribution in [2.75, 3.05) is 12.1 Å². The highest BCUT2D eigenvalue weighted by Gasteiger charge is 2.49. The first-order valence-electron chi connectivity index (χ1n) is 12.9. The first-order valence-corrected chi connectivity index (χ1v) is 14.7. The number of carbonyl (C=O) groups is 2. The van der Waals surface area contributed by atoms with Crippen LogP contribution >= 0.6 is 7.52 Å². The number of nitrogens with two attached hydrogens (primary N) is 1. The topological polar surface area (TPSA) is 170 Å². The standard InChI is InChI=1S/C24H39N6O7P/c1-15(2)35-22(31)18(6)37-38(33,29-24(9-7-8-10-24)23(32)36-16(3)4)14-34-17(5)11-30-13-28-19-20(25)26-12-27-21(19)30/h12-13,15-18H,7-11,14H2,1-6H3,(H,29,33)(H2,25,26,27)/t17-,18+,38?/m1/s1. The highest BCUT2D eigenvalue weighted by molar-refractivity contribution is 7.56. The Bertz CT molecular complexity index is 1160. The Hall–Kier alpha value is -2.60. The first kappa shape index (κ1) is 29.9. The van der Waals surface area contributed by atoms with E-state index in [2.05, 4.69) is 20.0 Å². The van der Waals surface area contributed by atoms with E-state index < -0.39 is 43.6 Å². The predicted molar refractivity (Wildman–Crippen MR) is 140 cm³/mol. The lowest BCUT2D eigenvalue weighted by Crippen LogP contribution is -2.51. The summed E-state index contributed by atoms with van der Waals surface area (Å²) in [7, 11) is -3.93. The van der Waals surface area contributed by atoms with Crippen molar-refractivity contribution in [1.29, 1.82) is 0 Å². The molecule has 2 aromatic heterocycles. The highest BCUT2D eigenvalue weighted by Crippen LogP contribution is 2.49. The van der Waals surface area contributed by atoms with Gasteiger partial charge in [-0.3, -0.25) is 9.36 Å². The lowest BCUT2D eigenvalue weighted by atomic mass is 10.00. The van der Waals surface area contributed by atoms with Crippen LogP contribution in [-0.2, 0) is 39.4 Å². The number of nitrogens with one attached hydrogen (secondary N) is 1. The summed E-state index contributed by atoms with van der Waals surface area (Å²) in [4.78, 5) is 38.0. The molecule has 212 valence electrons. The summed E-state index contributed by atoms with van der Waals surface area (Å²) < 4.78 is 38.4. The van der Waals surface area contributed by atoms with Crippen LogP contribution in [0.4, 0.5) is 5.82 Å². The summed E-state index contributed by atoms with van der Waals surface area (Å²) in [5.74, 6) is -0.897. The van der Waals surface area contributed by atoms with E-state index >= 15 is 0 Å². The number of fused-ring (bicyclic) bond motifs is 1. The minimum atomic E-state index is -3.93. The summed E-state index contributed by atoms with van der Waals surface area (Å²) in [6.07, 6.45) is 2.53. The molecule has 2 aromatic rings. The van der Waals surface area contributed by atoms with Gasteiger partial charge in [0, 0.05) is 0 Å². The average Bonchev–Trinajstić information content (AvgIpc) is 3.46. The largest absolute Gasteiger partial charge is 0.462 e. The van der Waals surface area contributed by atoms with E-state index in [1.165, 1.54) is 13.3 Å². The molecule has 2 heterocycles. The molecule has 1 aliphatic carbocycles. The molecule has 3 N–H and O–H groups in total. The monoisotopic (exact) mass is 554 g/mol. The van der Waals surface area contributed by atoms with Crippen molar-refractivity contribution in [2.24, 2.45) is 0 Å². The number of carbonyl (C=O) groups excluding carboxylic acids is 2. The zero-order valence-corrected chi connectivity index (χ0v) is 23.8. The number of hydrogen-bond acceptors (Lipinski definition) is 11. The van der Waals surface area contributed by atoms with Crippen LogP contribution in [0.15, 0.2) is 12.7 Å². The van der Waals surface area contributed by atoms with Crippen LogP contribution in [0, 0.1) is 0 Å². The molecule has 38 heavy (non-hydrogen) atoms. The van der Waals surface area contributed by atoms with Crippen molar-refractivity contribution in [1.82, 2.24) is 24.6 Å². The number of imidazole rings is 1. The second-order valence-corrected chi connectivity index (χ2v) is 12.2. The number of esters is 2. The van der Waals surface area contributed by atoms with Crippen LogP contribution in [0.25, 0.3) is 11.2 Å². The number of ether oxygens (including phenoxy) is 3. The maximum Gasteiger partial charge on any atom is 0.335 e. The summed E-state index contributed by atoms with van der Waals surface area (Å²) in [6.45, 7) is 10.5. The van der Waals surface area contributed by atoms with Gasteiger partial charge in [-0.25, -0.2) is 24.8 Å². The molecule has 1 saturated carbocycles. The van der Waals surface area contributed by atoms with Crippen LogP contribution in [0.5, 0.6) is 0 Å². The van der Waals surface area contributed by atoms with E-state index in [9.17, 15) is 14.2 Å². The minimum Gasteiger partial charge on any atom is -0.462 e. The second kappa shape index (κ2) is 12.5. The molecule has 3 atom stereocenters. The van der Waals surface area contributed by atoms with Gasteiger partial charge in [0.1, 0.15) is 23.7 Å². The van der Waals surface area contributed by atoms with E-state index in [1.807, 2.05) is 0 Å². The molecule has 0 radical (unpaired) electrons. The van der Waals surface area contributed by atoms with Crippen molar-refractivity contribution < 1.29 is 32.9 Å². The number of rotatable bonds is 13. The summed E-state index contributed by atoms with van der Waals surface area (Å²) in [5, 5.41) is 2.97. The fourth-order valence-electron chi connectivity index (χ4n) is 4.30. The zero-order chi connectivity index (χ0) is 28.1. The quantitative estimate of drug-likeness (QED) is 0.274. The Morgan fingerprint density at radius 2 is 1.74 bits per heavy atom. The Kier molecular flexibility index (Phi) is 9.85. The fraction of sp³-hybridized carbons (Fsp3) is 0.708. The predicted octanol–water partition coefficient (Wildman–Crippen LogP) is 3.17. The molecule has 0 aromatic carbocycles. The number of hydrogen-bond donors (Lipinski definition) is 2.